The number of anilines is 1. The standard InChI is InChI=1S/C11H14N4O/c1-8-5-10(3-4-11(8)12)16-7-9-6-15(2)14-13-9/h3-6H,7,12H2,1-2H3. The van der Waals surface area contributed by atoms with Gasteiger partial charge in [-0.15, -0.1) is 5.10 Å². The van der Waals surface area contributed by atoms with E-state index in [9.17, 15) is 0 Å². The molecular weight excluding hydrogens is 204 g/mol. The van der Waals surface area contributed by atoms with E-state index in [0.717, 1.165) is 22.7 Å². The number of hydrogen-bond acceptors (Lipinski definition) is 4. The summed E-state index contributed by atoms with van der Waals surface area (Å²) in [6.07, 6.45) is 1.82. The van der Waals surface area contributed by atoms with Gasteiger partial charge in [0.2, 0.25) is 0 Å². The van der Waals surface area contributed by atoms with Gasteiger partial charge in [0.25, 0.3) is 0 Å². The van der Waals surface area contributed by atoms with Crippen molar-refractivity contribution >= 4 is 5.69 Å². The number of nitrogen functional groups attached to an aromatic ring is 1. The molecule has 0 amide bonds. The summed E-state index contributed by atoms with van der Waals surface area (Å²) in [6, 6.07) is 5.59. The van der Waals surface area contributed by atoms with Crippen molar-refractivity contribution in [3.05, 3.63) is 35.7 Å². The molecule has 0 aliphatic carbocycles. The Morgan fingerprint density at radius 1 is 1.44 bits per heavy atom. The number of rotatable bonds is 3. The first-order valence-electron chi connectivity index (χ1n) is 4.99. The van der Waals surface area contributed by atoms with Crippen LogP contribution < -0.4 is 10.5 Å². The average molecular weight is 218 g/mol. The molecule has 0 saturated heterocycles. The molecule has 16 heavy (non-hydrogen) atoms. The highest BCUT2D eigenvalue weighted by Crippen LogP contribution is 2.19. The lowest BCUT2D eigenvalue weighted by atomic mass is 10.2. The van der Waals surface area contributed by atoms with Gasteiger partial charge in [-0.2, -0.15) is 0 Å². The summed E-state index contributed by atoms with van der Waals surface area (Å²) in [5, 5.41) is 7.76. The minimum Gasteiger partial charge on any atom is -0.487 e. The third-order valence-corrected chi connectivity index (χ3v) is 2.28. The van der Waals surface area contributed by atoms with Gasteiger partial charge in [0.1, 0.15) is 18.1 Å². The molecule has 0 aliphatic heterocycles. The molecule has 1 aromatic heterocycles. The Morgan fingerprint density at radius 2 is 2.25 bits per heavy atom. The number of ether oxygens (including phenoxy) is 1. The first-order chi connectivity index (χ1) is 7.65. The Hall–Kier alpha value is -2.04. The van der Waals surface area contributed by atoms with E-state index in [1.807, 2.05) is 38.4 Å². The molecule has 1 heterocycles. The molecule has 84 valence electrons. The summed E-state index contributed by atoms with van der Waals surface area (Å²) >= 11 is 0. The Labute approximate surface area is 93.8 Å². The minimum absolute atomic E-state index is 0.414. The van der Waals surface area contributed by atoms with E-state index < -0.39 is 0 Å². The third-order valence-electron chi connectivity index (χ3n) is 2.28. The van der Waals surface area contributed by atoms with Crippen molar-refractivity contribution in [2.75, 3.05) is 5.73 Å². The van der Waals surface area contributed by atoms with E-state index >= 15 is 0 Å². The Morgan fingerprint density at radius 3 is 2.88 bits per heavy atom. The monoisotopic (exact) mass is 218 g/mol. The predicted molar refractivity (Wildman–Crippen MR) is 60.9 cm³/mol. The van der Waals surface area contributed by atoms with Gasteiger partial charge in [0.05, 0.1) is 6.20 Å². The quantitative estimate of drug-likeness (QED) is 0.788. The van der Waals surface area contributed by atoms with Crippen molar-refractivity contribution in [2.24, 2.45) is 7.05 Å². The van der Waals surface area contributed by atoms with Crippen LogP contribution in [0.1, 0.15) is 11.3 Å². The maximum absolute atomic E-state index is 5.72. The van der Waals surface area contributed by atoms with Gasteiger partial charge in [-0.05, 0) is 30.7 Å². The summed E-state index contributed by atoms with van der Waals surface area (Å²) < 4.78 is 7.22. The Balaban J connectivity index is 2.02. The molecule has 1 aromatic carbocycles. The van der Waals surface area contributed by atoms with Gasteiger partial charge in [0, 0.05) is 12.7 Å². The summed E-state index contributed by atoms with van der Waals surface area (Å²) in [5.74, 6) is 0.789. The van der Waals surface area contributed by atoms with Crippen LogP contribution in [0.4, 0.5) is 5.69 Å². The summed E-state index contributed by atoms with van der Waals surface area (Å²) in [7, 11) is 1.82. The van der Waals surface area contributed by atoms with E-state index in [1.54, 1.807) is 4.68 Å². The number of benzene rings is 1. The van der Waals surface area contributed by atoms with Crippen molar-refractivity contribution in [1.29, 1.82) is 0 Å². The van der Waals surface area contributed by atoms with Gasteiger partial charge >= 0.3 is 0 Å². The van der Waals surface area contributed by atoms with Crippen molar-refractivity contribution < 1.29 is 4.74 Å². The van der Waals surface area contributed by atoms with Crippen molar-refractivity contribution in [1.82, 2.24) is 15.0 Å². The fourth-order valence-corrected chi connectivity index (χ4v) is 1.36. The minimum atomic E-state index is 0.414. The maximum Gasteiger partial charge on any atom is 0.134 e. The first-order valence-corrected chi connectivity index (χ1v) is 4.99. The summed E-state index contributed by atoms with van der Waals surface area (Å²) in [5.41, 5.74) is 8.30. The van der Waals surface area contributed by atoms with E-state index in [4.69, 9.17) is 10.5 Å². The van der Waals surface area contributed by atoms with Gasteiger partial charge in [-0.3, -0.25) is 4.68 Å². The second kappa shape index (κ2) is 4.22. The fraction of sp³-hybridized carbons (Fsp3) is 0.273. The smallest absolute Gasteiger partial charge is 0.134 e. The molecule has 0 spiro atoms. The molecule has 0 aliphatic rings. The average Bonchev–Trinajstić information content (AvgIpc) is 2.66. The van der Waals surface area contributed by atoms with E-state index in [1.165, 1.54) is 0 Å². The van der Waals surface area contributed by atoms with Crippen LogP contribution in [-0.4, -0.2) is 15.0 Å². The van der Waals surface area contributed by atoms with Gasteiger partial charge < -0.3 is 10.5 Å². The second-order valence-electron chi connectivity index (χ2n) is 3.69. The molecule has 2 N–H and O–H groups in total. The molecule has 0 atom stereocenters. The van der Waals surface area contributed by atoms with Gasteiger partial charge in [0.15, 0.2) is 0 Å². The topological polar surface area (TPSA) is 66.0 Å². The Kier molecular flexibility index (Phi) is 2.76. The zero-order valence-corrected chi connectivity index (χ0v) is 9.34. The first kappa shape index (κ1) is 10.5. The molecule has 0 saturated carbocycles. The lowest BCUT2D eigenvalue weighted by Crippen LogP contribution is -1.97. The predicted octanol–water partition coefficient (Wildman–Crippen LogP) is 1.28. The molecule has 0 radical (unpaired) electrons. The van der Waals surface area contributed by atoms with Gasteiger partial charge in [-0.1, -0.05) is 5.21 Å². The van der Waals surface area contributed by atoms with Gasteiger partial charge in [-0.25, -0.2) is 0 Å². The third kappa shape index (κ3) is 2.31. The second-order valence-corrected chi connectivity index (χ2v) is 3.69. The number of aromatic nitrogens is 3. The van der Waals surface area contributed by atoms with Crippen LogP contribution in [0.5, 0.6) is 5.75 Å². The van der Waals surface area contributed by atoms with Crippen molar-refractivity contribution in [3.63, 3.8) is 0 Å². The zero-order chi connectivity index (χ0) is 11.5. The Bertz CT molecular complexity index is 492. The van der Waals surface area contributed by atoms with Crippen LogP contribution in [0.25, 0.3) is 0 Å². The fourth-order valence-electron chi connectivity index (χ4n) is 1.36. The number of nitrogens with two attached hydrogens (primary N) is 1. The lowest BCUT2D eigenvalue weighted by Gasteiger charge is -2.06. The van der Waals surface area contributed by atoms with Crippen LogP contribution in [0.3, 0.4) is 0 Å². The van der Waals surface area contributed by atoms with Crippen LogP contribution in [0.2, 0.25) is 0 Å². The zero-order valence-electron chi connectivity index (χ0n) is 9.34. The normalized spacial score (nSPS) is 10.4. The highest BCUT2D eigenvalue weighted by Gasteiger charge is 2.01. The summed E-state index contributed by atoms with van der Waals surface area (Å²) in [6.45, 7) is 2.36. The van der Waals surface area contributed by atoms with Crippen LogP contribution in [0, 0.1) is 6.92 Å². The SMILES string of the molecule is Cc1cc(OCc2cn(C)nn2)ccc1N. The largest absolute Gasteiger partial charge is 0.487 e. The van der Waals surface area contributed by atoms with E-state index in [0.29, 0.717) is 6.61 Å². The number of nitrogens with zero attached hydrogens (tertiary/aromatic N) is 3. The molecule has 5 nitrogen and oxygen atoms in total. The molecule has 0 unspecified atom stereocenters. The van der Waals surface area contributed by atoms with Crippen LogP contribution in [-0.2, 0) is 13.7 Å². The summed E-state index contributed by atoms with van der Waals surface area (Å²) in [4.78, 5) is 0. The highest BCUT2D eigenvalue weighted by atomic mass is 16.5. The van der Waals surface area contributed by atoms with Crippen molar-refractivity contribution in [3.8, 4) is 5.75 Å². The lowest BCUT2D eigenvalue weighted by molar-refractivity contribution is 0.301. The van der Waals surface area contributed by atoms with Crippen LogP contribution >= 0.6 is 0 Å². The molecular formula is C11H14N4O. The number of aryl methyl sites for hydroxylation is 2. The molecule has 0 fully saturated rings. The van der Waals surface area contributed by atoms with E-state index in [-0.39, 0.29) is 0 Å². The maximum atomic E-state index is 5.72. The highest BCUT2D eigenvalue weighted by molar-refractivity contribution is 5.49. The molecule has 2 rings (SSSR count). The van der Waals surface area contributed by atoms with Crippen molar-refractivity contribution in [2.45, 2.75) is 13.5 Å². The molecule has 0 bridgehead atoms. The molecule has 5 heteroatoms. The molecule has 2 aromatic rings. The van der Waals surface area contributed by atoms with Crippen LogP contribution in [0.15, 0.2) is 24.4 Å². The number of hydrogen-bond donors (Lipinski definition) is 1. The van der Waals surface area contributed by atoms with E-state index in [2.05, 4.69) is 10.3 Å².